The Morgan fingerprint density at radius 3 is 2.22 bits per heavy atom. The van der Waals surface area contributed by atoms with E-state index >= 15 is 4.39 Å². The molecule has 2 saturated carbocycles. The number of pyridine rings is 2. The van der Waals surface area contributed by atoms with Crippen LogP contribution in [0.4, 0.5) is 15.8 Å². The summed E-state index contributed by atoms with van der Waals surface area (Å²) in [6.45, 7) is 18.7. The second kappa shape index (κ2) is 24.3. The zero-order valence-corrected chi connectivity index (χ0v) is 50.9. The summed E-state index contributed by atoms with van der Waals surface area (Å²) in [6, 6.07) is 2.20. The Balaban J connectivity index is 0.00000884. The zero-order chi connectivity index (χ0) is 61.5. The second-order valence-corrected chi connectivity index (χ2v) is 25.2. The highest BCUT2D eigenvalue weighted by molar-refractivity contribution is 6.24. The van der Waals surface area contributed by atoms with Gasteiger partial charge < -0.3 is 54.7 Å². The van der Waals surface area contributed by atoms with Gasteiger partial charge in [0.05, 0.1) is 70.4 Å². The number of rotatable bonds is 9. The number of allylic oxidation sites excluding steroid dienone is 2. The Morgan fingerprint density at radius 2 is 1.58 bits per heavy atom. The number of Topliss-reactive ketones (excluding diaryl/α,β-unsaturated/α-hetero) is 1. The number of aliphatic hydroxyl groups is 2. The first-order valence-electron chi connectivity index (χ1n) is 29.9. The normalized spacial score (nSPS) is 29.7. The minimum absolute atomic E-state index is 0. The first-order valence-corrected chi connectivity index (χ1v) is 29.9. The number of hydrogen-bond acceptors (Lipinski definition) is 17. The van der Waals surface area contributed by atoms with Crippen LogP contribution in [0.2, 0.25) is 0 Å². The van der Waals surface area contributed by atoms with Gasteiger partial charge in [-0.2, -0.15) is 5.10 Å². The highest BCUT2D eigenvalue weighted by Crippen LogP contribution is 2.56. The van der Waals surface area contributed by atoms with Crippen LogP contribution in [0.1, 0.15) is 145 Å². The molecule has 10 atom stereocenters. The van der Waals surface area contributed by atoms with Crippen LogP contribution >= 0.6 is 0 Å². The fraction of sp³-hybridized carbons (Fsp3) is 0.561. The molecule has 0 spiro atoms. The van der Waals surface area contributed by atoms with Crippen molar-refractivity contribution >= 4 is 51.5 Å². The summed E-state index contributed by atoms with van der Waals surface area (Å²) in [6.07, 6.45) is 12.7. The lowest BCUT2D eigenvalue weighted by atomic mass is 9.78. The molecule has 2 aromatic heterocycles. The third-order valence-corrected chi connectivity index (χ3v) is 19.7. The largest absolute Gasteiger partial charge is 0.507 e. The minimum atomic E-state index is -2.09. The van der Waals surface area contributed by atoms with Gasteiger partial charge in [-0.15, -0.1) is 0 Å². The summed E-state index contributed by atoms with van der Waals surface area (Å²) in [7, 11) is 3.63. The SMILES string of the molecule is C.CO[C@H]1/C=C/O[C@@]2(C)Oc3c(C)c(O)c4c(O)c(c(/C=N/N5CCC(N(C)C6([C@@H]7CCN(c8c(F)cn9c(=O)c(C)cc(C%10CC%10)c9c8C)C7)CC6)CC5)c(O)c4c3C2=O)NC(=O)/C(C)=C\C=C\[C@H](C)[C@H](O)[C@@H](C)[C@@H](O)[C@@H](C)[C@H](OC(C)=O)[C@@H]1C. The van der Waals surface area contributed by atoms with Gasteiger partial charge in [0.15, 0.2) is 11.6 Å². The van der Waals surface area contributed by atoms with Gasteiger partial charge >= 0.3 is 11.8 Å². The average molecular weight is 1190 g/mol. The summed E-state index contributed by atoms with van der Waals surface area (Å²) >= 11 is 0. The fourth-order valence-electron chi connectivity index (χ4n) is 14.2. The van der Waals surface area contributed by atoms with Crippen molar-refractivity contribution in [2.45, 2.75) is 169 Å². The van der Waals surface area contributed by atoms with E-state index in [9.17, 15) is 44.7 Å². The van der Waals surface area contributed by atoms with Gasteiger partial charge in [0, 0.05) is 104 Å². The highest BCUT2D eigenvalue weighted by atomic mass is 19.1. The Labute approximate surface area is 502 Å². The molecule has 0 unspecified atom stereocenters. The topological polar surface area (TPSA) is 245 Å². The molecular formula is C66H87FN6O13. The summed E-state index contributed by atoms with van der Waals surface area (Å²) in [4.78, 5) is 59.5. The van der Waals surface area contributed by atoms with Gasteiger partial charge in [-0.25, -0.2) is 4.39 Å². The number of nitrogens with one attached hydrogen (secondary N) is 1. The van der Waals surface area contributed by atoms with E-state index in [-0.39, 0.29) is 74.9 Å². The maximum atomic E-state index is 16.2. The van der Waals surface area contributed by atoms with Crippen molar-refractivity contribution in [3.8, 4) is 23.0 Å². The molecular weight excluding hydrogens is 1100 g/mol. The number of hydrazone groups is 1. The van der Waals surface area contributed by atoms with Crippen LogP contribution in [-0.2, 0) is 23.8 Å². The number of aromatic nitrogens is 1. The number of piperidine rings is 1. The van der Waals surface area contributed by atoms with Crippen LogP contribution in [0, 0.1) is 56.2 Å². The predicted octanol–water partition coefficient (Wildman–Crippen LogP) is 9.43. The third-order valence-electron chi connectivity index (χ3n) is 19.7. The van der Waals surface area contributed by atoms with Crippen molar-refractivity contribution in [1.29, 1.82) is 0 Å². The number of aromatic hydroxyl groups is 3. The molecule has 2 aromatic carbocycles. The maximum absolute atomic E-state index is 16.2. The molecule has 4 aromatic rings. The molecule has 5 aliphatic heterocycles. The van der Waals surface area contributed by atoms with Gasteiger partial charge in [-0.05, 0) is 115 Å². The number of amides is 1. The lowest BCUT2D eigenvalue weighted by molar-refractivity contribution is -0.160. The third kappa shape index (κ3) is 11.2. The lowest BCUT2D eigenvalue weighted by Gasteiger charge is -2.42. The van der Waals surface area contributed by atoms with E-state index in [1.807, 2.05) is 18.0 Å². The second-order valence-electron chi connectivity index (χ2n) is 25.2. The Kier molecular flexibility index (Phi) is 17.9. The number of esters is 1. The van der Waals surface area contributed by atoms with E-state index in [0.717, 1.165) is 61.6 Å². The highest BCUT2D eigenvalue weighted by Gasteiger charge is 2.56. The number of methoxy groups -OCH3 is 1. The molecule has 2 aliphatic carbocycles. The van der Waals surface area contributed by atoms with E-state index in [0.29, 0.717) is 49.3 Å². The predicted molar refractivity (Wildman–Crippen MR) is 328 cm³/mol. The fourth-order valence-corrected chi connectivity index (χ4v) is 14.2. The number of fused-ring (bicyclic) bond motifs is 15. The molecule has 19 nitrogen and oxygen atoms in total. The molecule has 7 heterocycles. The van der Waals surface area contributed by atoms with E-state index in [4.69, 9.17) is 24.0 Å². The van der Waals surface area contributed by atoms with Gasteiger partial charge in [0.1, 0.15) is 23.4 Å². The first-order chi connectivity index (χ1) is 40.2. The number of hydrogen-bond donors (Lipinski definition) is 6. The smallest absolute Gasteiger partial charge is 0.312 e. The van der Waals surface area contributed by atoms with Crippen LogP contribution in [0.25, 0.3) is 16.3 Å². The number of ether oxygens (including phenoxy) is 4. The number of phenolic OH excluding ortho intramolecular Hbond substituents is 3. The van der Waals surface area contributed by atoms with Gasteiger partial charge in [0.2, 0.25) is 0 Å². The summed E-state index contributed by atoms with van der Waals surface area (Å²) < 4.78 is 41.7. The minimum Gasteiger partial charge on any atom is -0.507 e. The number of anilines is 2. The van der Waals surface area contributed by atoms with E-state index < -0.39 is 88.8 Å². The molecule has 6 N–H and O–H groups in total. The van der Waals surface area contributed by atoms with Crippen molar-refractivity contribution in [1.82, 2.24) is 14.3 Å². The van der Waals surface area contributed by atoms with Crippen molar-refractivity contribution in [3.63, 3.8) is 0 Å². The maximum Gasteiger partial charge on any atom is 0.312 e. The van der Waals surface area contributed by atoms with E-state index in [2.05, 4.69) is 22.2 Å². The Bertz CT molecular complexity index is 3520. The molecule has 11 rings (SSSR count). The number of halogens is 1. The van der Waals surface area contributed by atoms with Crippen LogP contribution < -0.4 is 20.5 Å². The van der Waals surface area contributed by atoms with Crippen molar-refractivity contribution in [3.05, 3.63) is 98.0 Å². The van der Waals surface area contributed by atoms with Gasteiger partial charge in [-0.1, -0.05) is 53.3 Å². The number of phenols is 3. The number of nitrogens with zero attached hydrogens (tertiary/aromatic N) is 5. The van der Waals surface area contributed by atoms with Gasteiger partial charge in [-0.3, -0.25) is 33.5 Å². The standard InChI is InChI=1S/C65H83FN6O13.CH4/c1-32-14-13-15-33(2)62(80)68-51-45(29-67-71-25-19-43(20-26-71)69(11)65(22-23-65)42-18-24-70(30-42)53-36(5)52-44(41-16-17-41)28-34(3)63(81)72(52)31-46(53)66)57(77)48-49(58(51)78)56(76)39(8)60-50(48)61(79)64(10,85-60)83-27-21-47(82-12)35(4)59(84-40(9)73)38(7)55(75)37(6)54(32)74;/h13-15,21,27-29,31-32,35,37-38,41-43,47,54-55,59,74-78H,16-20,22-26,30H2,1-12H3,(H,68,80);1H4/b14-13+,27-21+,33-15-,67-29+;/t32-,35+,37+,38+,42+,47-,54-,55+,59+,64-;/m0./s1. The average Bonchev–Trinajstić information content (AvgIpc) is 1.51. The molecule has 5 bridgehead atoms. The number of aryl methyl sites for hydroxylation is 2. The monoisotopic (exact) mass is 1190 g/mol. The number of benzene rings is 2. The number of carbonyl (C=O) groups excluding carboxylic acids is 3. The molecule has 7 aliphatic rings. The molecule has 4 fully saturated rings. The van der Waals surface area contributed by atoms with Crippen molar-refractivity contribution in [2.24, 2.45) is 34.7 Å². The van der Waals surface area contributed by atoms with Crippen LogP contribution in [0.5, 0.6) is 23.0 Å². The molecule has 466 valence electrons. The van der Waals surface area contributed by atoms with Crippen LogP contribution in [0.15, 0.2) is 58.3 Å². The number of aliphatic hydroxyl groups excluding tert-OH is 2. The number of carbonyl (C=O) groups is 3. The first kappa shape index (κ1) is 63.5. The Morgan fingerprint density at radius 1 is 0.895 bits per heavy atom. The molecule has 86 heavy (non-hydrogen) atoms. The summed E-state index contributed by atoms with van der Waals surface area (Å²) in [5, 5.41) is 68.7. The van der Waals surface area contributed by atoms with Gasteiger partial charge in [0.25, 0.3) is 17.2 Å². The van der Waals surface area contributed by atoms with Crippen molar-refractivity contribution in [2.75, 3.05) is 50.6 Å². The number of ketones is 1. The zero-order valence-electron chi connectivity index (χ0n) is 50.9. The van der Waals surface area contributed by atoms with Crippen molar-refractivity contribution < 1.29 is 63.3 Å². The van der Waals surface area contributed by atoms with E-state index in [1.165, 1.54) is 70.0 Å². The summed E-state index contributed by atoms with van der Waals surface area (Å²) in [5.41, 5.74) is 3.27. The quantitative estimate of drug-likeness (QED) is 0.0395. The van der Waals surface area contributed by atoms with Crippen LogP contribution in [-0.4, -0.2) is 146 Å². The Hall–Kier alpha value is -7.00. The molecule has 1 amide bonds. The summed E-state index contributed by atoms with van der Waals surface area (Å²) in [5.74, 6) is -8.36. The lowest BCUT2D eigenvalue weighted by Crippen LogP contribution is -2.50. The van der Waals surface area contributed by atoms with E-state index in [1.54, 1.807) is 46.8 Å². The molecule has 2 saturated heterocycles. The van der Waals surface area contributed by atoms with Crippen LogP contribution in [0.3, 0.4) is 0 Å². The molecule has 20 heteroatoms. The molecule has 0 radical (unpaired) electrons.